The minimum atomic E-state index is -0.619. The molecule has 3 fully saturated rings. The van der Waals surface area contributed by atoms with Crippen molar-refractivity contribution in [1.29, 1.82) is 0 Å². The van der Waals surface area contributed by atoms with E-state index >= 15 is 0 Å². The van der Waals surface area contributed by atoms with Crippen LogP contribution in [0.2, 0.25) is 0 Å². The largest absolute Gasteiger partial charge is 0.474 e. The van der Waals surface area contributed by atoms with Crippen LogP contribution in [0.1, 0.15) is 76.5 Å². The fraction of sp³-hybridized carbons (Fsp3) is 0.562. The van der Waals surface area contributed by atoms with Crippen LogP contribution in [0.25, 0.3) is 16.6 Å². The molecule has 0 unspecified atom stereocenters. The molecule has 7 heteroatoms. The molecule has 2 aliphatic heterocycles. The Morgan fingerprint density at radius 3 is 2.69 bits per heavy atom. The minimum Gasteiger partial charge on any atom is -0.474 e. The van der Waals surface area contributed by atoms with Crippen molar-refractivity contribution in [2.24, 2.45) is 22.2 Å². The molecule has 1 aromatic carbocycles. The fourth-order valence-electron chi connectivity index (χ4n) is 7.96. The highest BCUT2D eigenvalue weighted by Crippen LogP contribution is 2.59. The number of alkyl halides is 1. The Morgan fingerprint density at radius 1 is 1.10 bits per heavy atom. The van der Waals surface area contributed by atoms with Crippen molar-refractivity contribution in [2.75, 3.05) is 13.2 Å². The number of benzene rings is 1. The van der Waals surface area contributed by atoms with Crippen LogP contribution in [0, 0.1) is 17.3 Å². The maximum Gasteiger partial charge on any atom is 0.219 e. The first-order valence-electron chi connectivity index (χ1n) is 14.7. The molecule has 0 radical (unpaired) electrons. The lowest BCUT2D eigenvalue weighted by Crippen LogP contribution is -2.55. The minimum absolute atomic E-state index is 0.0796. The van der Waals surface area contributed by atoms with Crippen LogP contribution in [0.3, 0.4) is 0 Å². The molecule has 0 amide bonds. The van der Waals surface area contributed by atoms with Crippen molar-refractivity contribution < 1.29 is 18.6 Å². The smallest absolute Gasteiger partial charge is 0.219 e. The third-order valence-corrected chi connectivity index (χ3v) is 10.1. The third kappa shape index (κ3) is 4.12. The first-order chi connectivity index (χ1) is 19.0. The van der Waals surface area contributed by atoms with E-state index in [-0.39, 0.29) is 17.4 Å². The average Bonchev–Trinajstić information content (AvgIpc) is 3.62. The number of pyridine rings is 1. The van der Waals surface area contributed by atoms with Crippen LogP contribution in [-0.4, -0.2) is 36.0 Å². The number of hydrogen-bond donors (Lipinski definition) is 1. The number of hydrogen-bond acceptors (Lipinski definition) is 6. The van der Waals surface area contributed by atoms with Gasteiger partial charge in [0.25, 0.3) is 0 Å². The van der Waals surface area contributed by atoms with E-state index in [0.717, 1.165) is 66.6 Å². The molecule has 3 atom stereocenters. The molecule has 1 aromatic heterocycles. The van der Waals surface area contributed by atoms with Crippen LogP contribution in [-0.2, 0) is 20.9 Å². The second-order valence-electron chi connectivity index (χ2n) is 12.1. The van der Waals surface area contributed by atoms with Crippen molar-refractivity contribution in [3.63, 3.8) is 0 Å². The summed E-state index contributed by atoms with van der Waals surface area (Å²) in [5.41, 5.74) is 5.14. The number of fused-ring (bicyclic) bond motifs is 3. The number of para-hydroxylation sites is 1. The van der Waals surface area contributed by atoms with Gasteiger partial charge in [0.1, 0.15) is 12.8 Å². The van der Waals surface area contributed by atoms with Gasteiger partial charge in [0.15, 0.2) is 5.79 Å². The van der Waals surface area contributed by atoms with Gasteiger partial charge in [-0.15, -0.1) is 0 Å². The normalized spacial score (nSPS) is 30.4. The van der Waals surface area contributed by atoms with Gasteiger partial charge in [0, 0.05) is 46.2 Å². The van der Waals surface area contributed by atoms with Crippen molar-refractivity contribution in [2.45, 2.75) is 83.8 Å². The van der Waals surface area contributed by atoms with Gasteiger partial charge < -0.3 is 19.5 Å². The quantitative estimate of drug-likeness (QED) is 0.472. The van der Waals surface area contributed by atoms with Gasteiger partial charge in [-0.25, -0.2) is 9.38 Å². The third-order valence-electron chi connectivity index (χ3n) is 10.1. The predicted octanol–water partition coefficient (Wildman–Crippen LogP) is 6.81. The number of allylic oxidation sites excluding steroid dienone is 1. The highest BCUT2D eigenvalue weighted by Gasteiger charge is 2.58. The summed E-state index contributed by atoms with van der Waals surface area (Å²) in [6, 6.07) is 9.74. The summed E-state index contributed by atoms with van der Waals surface area (Å²) < 4.78 is 33.1. The zero-order valence-corrected chi connectivity index (χ0v) is 23.0. The van der Waals surface area contributed by atoms with E-state index in [1.54, 1.807) is 0 Å². The molecule has 3 aliphatic carbocycles. The molecule has 206 valence electrons. The molecule has 2 aromatic rings. The molecule has 1 N–H and O–H groups in total. The number of nitrogens with zero attached hydrogens (tertiary/aromatic N) is 2. The fourth-order valence-corrected chi connectivity index (χ4v) is 7.96. The standard InChI is InChI=1S/C32H38FN3O3/c1-20-26-12-11-24-29(31(26,2)13-14-32(20)37-15-16-38-32)34-19-28(36-30(24)39-22-7-3-4-8-22)25-17-21(18-33)35-27-10-6-5-9-23(25)27/h5-6,9-10,17,19-20,22,26,34H,3-4,7-8,11-16,18H2,1-2H3/t20-,26-,31-/m1/s1. The van der Waals surface area contributed by atoms with Gasteiger partial charge in [-0.05, 0) is 63.0 Å². The first-order valence-corrected chi connectivity index (χ1v) is 14.7. The van der Waals surface area contributed by atoms with Gasteiger partial charge in [0.2, 0.25) is 5.90 Å². The predicted molar refractivity (Wildman–Crippen MR) is 149 cm³/mol. The molecule has 6 nitrogen and oxygen atoms in total. The van der Waals surface area contributed by atoms with Crippen LogP contribution < -0.4 is 5.32 Å². The van der Waals surface area contributed by atoms with Crippen molar-refractivity contribution >= 4 is 22.5 Å². The summed E-state index contributed by atoms with van der Waals surface area (Å²) in [5, 5.41) is 4.71. The molecule has 1 saturated heterocycles. The summed E-state index contributed by atoms with van der Waals surface area (Å²) in [7, 11) is 0. The second kappa shape index (κ2) is 9.70. The van der Waals surface area contributed by atoms with Crippen LogP contribution in [0.5, 0.6) is 0 Å². The Bertz CT molecular complexity index is 1370. The molecule has 7 rings (SSSR count). The molecule has 3 heterocycles. The Hall–Kier alpha value is -2.77. The van der Waals surface area contributed by atoms with E-state index in [4.69, 9.17) is 19.2 Å². The summed E-state index contributed by atoms with van der Waals surface area (Å²) in [6.45, 7) is 5.44. The Kier molecular flexibility index (Phi) is 6.27. The molecule has 39 heavy (non-hydrogen) atoms. The van der Waals surface area contributed by atoms with Crippen molar-refractivity contribution in [3.05, 3.63) is 59.1 Å². The highest BCUT2D eigenvalue weighted by atomic mass is 19.1. The molecular formula is C32H38FN3O3. The van der Waals surface area contributed by atoms with Crippen molar-refractivity contribution in [3.8, 4) is 0 Å². The van der Waals surface area contributed by atoms with Gasteiger partial charge in [-0.2, -0.15) is 0 Å². The van der Waals surface area contributed by atoms with E-state index < -0.39 is 12.5 Å². The maximum atomic E-state index is 13.9. The average molecular weight is 532 g/mol. The van der Waals surface area contributed by atoms with Gasteiger partial charge >= 0.3 is 0 Å². The first kappa shape index (κ1) is 25.2. The number of nitrogens with one attached hydrogen (secondary N) is 1. The van der Waals surface area contributed by atoms with E-state index in [1.165, 1.54) is 24.1 Å². The Morgan fingerprint density at radius 2 is 1.90 bits per heavy atom. The summed E-state index contributed by atoms with van der Waals surface area (Å²) in [6.07, 6.45) is 10.5. The van der Waals surface area contributed by atoms with Crippen LogP contribution >= 0.6 is 0 Å². The number of aromatic nitrogens is 1. The summed E-state index contributed by atoms with van der Waals surface area (Å²) in [4.78, 5) is 9.73. The van der Waals surface area contributed by atoms with Crippen molar-refractivity contribution in [1.82, 2.24) is 10.3 Å². The summed E-state index contributed by atoms with van der Waals surface area (Å²) in [5.74, 6) is 0.980. The van der Waals surface area contributed by atoms with Gasteiger partial charge in [-0.1, -0.05) is 32.0 Å². The Balaban J connectivity index is 1.33. The van der Waals surface area contributed by atoms with E-state index in [0.29, 0.717) is 24.8 Å². The zero-order valence-electron chi connectivity index (χ0n) is 23.0. The van der Waals surface area contributed by atoms with E-state index in [1.807, 2.05) is 36.5 Å². The number of ether oxygens (including phenoxy) is 3. The van der Waals surface area contributed by atoms with Gasteiger partial charge in [0.05, 0.1) is 30.1 Å². The topological polar surface area (TPSA) is 65.0 Å². The van der Waals surface area contributed by atoms with Crippen LogP contribution in [0.4, 0.5) is 4.39 Å². The molecule has 0 bridgehead atoms. The molecule has 1 spiro atoms. The lowest BCUT2D eigenvalue weighted by Gasteiger charge is -2.55. The number of rotatable bonds is 3. The molecule has 5 aliphatic rings. The lowest BCUT2D eigenvalue weighted by atomic mass is 9.55. The van der Waals surface area contributed by atoms with Crippen LogP contribution in [0.15, 0.2) is 52.8 Å². The van der Waals surface area contributed by atoms with Gasteiger partial charge in [-0.3, -0.25) is 4.98 Å². The zero-order chi connectivity index (χ0) is 26.6. The van der Waals surface area contributed by atoms with E-state index in [9.17, 15) is 4.39 Å². The Labute approximate surface area is 229 Å². The SMILES string of the molecule is C[C@@H]1[C@H]2CCC3=C(NC=C(c4cc(CF)nc5ccccc45)N=C3OC3CCCC3)[C@]2(C)CCC12OCCO2. The molecular weight excluding hydrogens is 493 g/mol. The van der Waals surface area contributed by atoms with E-state index in [2.05, 4.69) is 24.1 Å². The highest BCUT2D eigenvalue weighted by molar-refractivity contribution is 6.01. The second-order valence-corrected chi connectivity index (χ2v) is 12.1. The monoisotopic (exact) mass is 531 g/mol. The molecule has 2 saturated carbocycles. The number of aliphatic imine (C=N–C) groups is 1. The maximum absolute atomic E-state index is 13.9. The number of halogens is 1. The summed E-state index contributed by atoms with van der Waals surface area (Å²) >= 11 is 0. The lowest BCUT2D eigenvalue weighted by molar-refractivity contribution is -0.239.